The SMILES string of the molecule is CC(C)[C@@H]1C[C@H](O)[C@H](C)N1. The molecule has 2 heteroatoms. The van der Waals surface area contributed by atoms with Crippen molar-refractivity contribution in [2.75, 3.05) is 0 Å². The summed E-state index contributed by atoms with van der Waals surface area (Å²) in [7, 11) is 0. The van der Waals surface area contributed by atoms with Crippen molar-refractivity contribution in [3.05, 3.63) is 0 Å². The van der Waals surface area contributed by atoms with Crippen molar-refractivity contribution in [1.29, 1.82) is 0 Å². The lowest BCUT2D eigenvalue weighted by Crippen LogP contribution is -2.32. The second kappa shape index (κ2) is 2.89. The molecular formula is C8H17NO. The lowest BCUT2D eigenvalue weighted by Gasteiger charge is -2.14. The molecule has 0 aliphatic carbocycles. The molecule has 1 rings (SSSR count). The van der Waals surface area contributed by atoms with E-state index in [1.807, 2.05) is 6.92 Å². The summed E-state index contributed by atoms with van der Waals surface area (Å²) in [6.07, 6.45) is 0.783. The number of aliphatic hydroxyl groups is 1. The minimum absolute atomic E-state index is 0.132. The van der Waals surface area contributed by atoms with E-state index >= 15 is 0 Å². The van der Waals surface area contributed by atoms with Gasteiger partial charge in [0.2, 0.25) is 0 Å². The molecule has 0 aromatic carbocycles. The van der Waals surface area contributed by atoms with Crippen molar-refractivity contribution in [2.45, 2.75) is 45.4 Å². The van der Waals surface area contributed by atoms with Crippen molar-refractivity contribution in [3.63, 3.8) is 0 Å². The summed E-state index contributed by atoms with van der Waals surface area (Å²) >= 11 is 0. The van der Waals surface area contributed by atoms with Crippen LogP contribution in [0.15, 0.2) is 0 Å². The minimum atomic E-state index is -0.132. The highest BCUT2D eigenvalue weighted by Crippen LogP contribution is 2.18. The van der Waals surface area contributed by atoms with Crippen LogP contribution in [0.5, 0.6) is 0 Å². The Morgan fingerprint density at radius 2 is 2.10 bits per heavy atom. The van der Waals surface area contributed by atoms with E-state index in [9.17, 15) is 5.11 Å². The van der Waals surface area contributed by atoms with Gasteiger partial charge in [0.1, 0.15) is 0 Å². The van der Waals surface area contributed by atoms with Crippen LogP contribution in [-0.2, 0) is 0 Å². The maximum Gasteiger partial charge on any atom is 0.0705 e. The van der Waals surface area contributed by atoms with Gasteiger partial charge in [0, 0.05) is 12.1 Å². The first kappa shape index (κ1) is 8.02. The lowest BCUT2D eigenvalue weighted by molar-refractivity contribution is 0.163. The van der Waals surface area contributed by atoms with Gasteiger partial charge in [0.25, 0.3) is 0 Å². The molecule has 10 heavy (non-hydrogen) atoms. The monoisotopic (exact) mass is 143 g/mol. The number of rotatable bonds is 1. The average molecular weight is 143 g/mol. The van der Waals surface area contributed by atoms with Gasteiger partial charge in [-0.3, -0.25) is 0 Å². The van der Waals surface area contributed by atoms with Crippen molar-refractivity contribution in [1.82, 2.24) is 5.32 Å². The fourth-order valence-electron chi connectivity index (χ4n) is 1.45. The Labute approximate surface area is 62.6 Å². The third kappa shape index (κ3) is 1.50. The Hall–Kier alpha value is -0.0800. The Balaban J connectivity index is 2.41. The summed E-state index contributed by atoms with van der Waals surface area (Å²) in [5.41, 5.74) is 0. The van der Waals surface area contributed by atoms with E-state index in [-0.39, 0.29) is 12.1 Å². The first-order valence-corrected chi connectivity index (χ1v) is 4.05. The minimum Gasteiger partial charge on any atom is -0.391 e. The van der Waals surface area contributed by atoms with Gasteiger partial charge in [-0.1, -0.05) is 13.8 Å². The smallest absolute Gasteiger partial charge is 0.0705 e. The van der Waals surface area contributed by atoms with Crippen LogP contribution >= 0.6 is 0 Å². The second-order valence-electron chi connectivity index (χ2n) is 3.61. The predicted molar refractivity (Wildman–Crippen MR) is 41.8 cm³/mol. The standard InChI is InChI=1S/C8H17NO/c1-5(2)7-4-8(10)6(3)9-7/h5-10H,4H2,1-3H3/t6-,7-,8-/m0/s1. The van der Waals surface area contributed by atoms with Gasteiger partial charge in [-0.25, -0.2) is 0 Å². The van der Waals surface area contributed by atoms with Crippen LogP contribution in [0, 0.1) is 5.92 Å². The first-order valence-electron chi connectivity index (χ1n) is 4.05. The third-order valence-electron chi connectivity index (χ3n) is 2.35. The second-order valence-corrected chi connectivity index (χ2v) is 3.61. The molecule has 0 aromatic heterocycles. The van der Waals surface area contributed by atoms with Crippen LogP contribution in [0.1, 0.15) is 27.2 Å². The van der Waals surface area contributed by atoms with Crippen LogP contribution in [0.4, 0.5) is 0 Å². The van der Waals surface area contributed by atoms with Crippen LogP contribution in [-0.4, -0.2) is 23.3 Å². The van der Waals surface area contributed by atoms with Gasteiger partial charge in [-0.05, 0) is 19.3 Å². The molecule has 1 fully saturated rings. The Morgan fingerprint density at radius 3 is 2.30 bits per heavy atom. The molecule has 2 N–H and O–H groups in total. The van der Waals surface area contributed by atoms with Crippen molar-refractivity contribution in [3.8, 4) is 0 Å². The van der Waals surface area contributed by atoms with Gasteiger partial charge >= 0.3 is 0 Å². The molecule has 0 spiro atoms. The van der Waals surface area contributed by atoms with Gasteiger partial charge in [0.15, 0.2) is 0 Å². The zero-order chi connectivity index (χ0) is 7.72. The van der Waals surface area contributed by atoms with E-state index in [0.29, 0.717) is 12.0 Å². The van der Waals surface area contributed by atoms with E-state index < -0.39 is 0 Å². The van der Waals surface area contributed by atoms with Gasteiger partial charge in [-0.2, -0.15) is 0 Å². The quantitative estimate of drug-likeness (QED) is 0.568. The number of hydrogen-bond donors (Lipinski definition) is 2. The summed E-state index contributed by atoms with van der Waals surface area (Å²) in [6, 6.07) is 0.803. The molecule has 1 heterocycles. The van der Waals surface area contributed by atoms with E-state index in [1.54, 1.807) is 0 Å². The van der Waals surface area contributed by atoms with E-state index in [1.165, 1.54) is 0 Å². The molecule has 0 radical (unpaired) electrons. The molecule has 1 saturated heterocycles. The predicted octanol–water partition coefficient (Wildman–Crippen LogP) is 0.754. The highest BCUT2D eigenvalue weighted by Gasteiger charge is 2.30. The maximum absolute atomic E-state index is 9.35. The fraction of sp³-hybridized carbons (Fsp3) is 1.00. The van der Waals surface area contributed by atoms with Crippen molar-refractivity contribution >= 4 is 0 Å². The van der Waals surface area contributed by atoms with Crippen molar-refractivity contribution < 1.29 is 5.11 Å². The molecule has 0 unspecified atom stereocenters. The topological polar surface area (TPSA) is 32.3 Å². The van der Waals surface area contributed by atoms with Crippen LogP contribution in [0.25, 0.3) is 0 Å². The van der Waals surface area contributed by atoms with E-state index in [2.05, 4.69) is 19.2 Å². The highest BCUT2D eigenvalue weighted by molar-refractivity contribution is 4.89. The van der Waals surface area contributed by atoms with Gasteiger partial charge in [-0.15, -0.1) is 0 Å². The van der Waals surface area contributed by atoms with Crippen molar-refractivity contribution in [2.24, 2.45) is 5.92 Å². The summed E-state index contributed by atoms with van der Waals surface area (Å²) in [4.78, 5) is 0. The summed E-state index contributed by atoms with van der Waals surface area (Å²) < 4.78 is 0. The Morgan fingerprint density at radius 1 is 1.50 bits per heavy atom. The molecule has 1 aliphatic heterocycles. The normalized spacial score (nSPS) is 41.1. The molecule has 1 aliphatic rings. The summed E-state index contributed by atoms with van der Waals surface area (Å²) in [6.45, 7) is 6.40. The Bertz CT molecular complexity index is 104. The molecule has 0 aromatic rings. The zero-order valence-corrected chi connectivity index (χ0v) is 6.96. The maximum atomic E-state index is 9.35. The Kier molecular flexibility index (Phi) is 2.32. The van der Waals surface area contributed by atoms with E-state index in [0.717, 1.165) is 6.42 Å². The molecule has 3 atom stereocenters. The number of aliphatic hydroxyl groups excluding tert-OH is 1. The number of hydrogen-bond acceptors (Lipinski definition) is 2. The van der Waals surface area contributed by atoms with E-state index in [4.69, 9.17) is 0 Å². The summed E-state index contributed by atoms with van der Waals surface area (Å²) in [5, 5.41) is 12.7. The molecular weight excluding hydrogens is 126 g/mol. The van der Waals surface area contributed by atoms with Gasteiger partial charge in [0.05, 0.1) is 6.10 Å². The van der Waals surface area contributed by atoms with Gasteiger partial charge < -0.3 is 10.4 Å². The molecule has 0 bridgehead atoms. The zero-order valence-electron chi connectivity index (χ0n) is 6.96. The average Bonchev–Trinajstić information content (AvgIpc) is 2.13. The van der Waals surface area contributed by atoms with Crippen LogP contribution in [0.3, 0.4) is 0 Å². The largest absolute Gasteiger partial charge is 0.391 e. The molecule has 0 amide bonds. The molecule has 2 nitrogen and oxygen atoms in total. The fourth-order valence-corrected chi connectivity index (χ4v) is 1.45. The van der Waals surface area contributed by atoms with Crippen LogP contribution in [0.2, 0.25) is 0 Å². The summed E-state index contributed by atoms with van der Waals surface area (Å²) in [5.74, 6) is 0.639. The first-order chi connectivity index (χ1) is 4.61. The lowest BCUT2D eigenvalue weighted by atomic mass is 10.0. The molecule has 0 saturated carbocycles. The number of nitrogens with one attached hydrogen (secondary N) is 1. The highest BCUT2D eigenvalue weighted by atomic mass is 16.3. The third-order valence-corrected chi connectivity index (χ3v) is 2.35. The van der Waals surface area contributed by atoms with Crippen LogP contribution < -0.4 is 5.32 Å². The molecule has 60 valence electrons.